The Bertz CT molecular complexity index is 1130. The fraction of sp³-hybridized carbons (Fsp3) is 0.435. The molecule has 2 aliphatic carbocycles. The fourth-order valence-electron chi connectivity index (χ4n) is 4.48. The number of ether oxygens (including phenoxy) is 1. The fourth-order valence-corrected chi connectivity index (χ4v) is 4.48. The first-order valence-electron chi connectivity index (χ1n) is 10.8. The smallest absolute Gasteiger partial charge is 0.248 e. The Kier molecular flexibility index (Phi) is 5.08. The van der Waals surface area contributed by atoms with E-state index in [0.717, 1.165) is 47.2 Å². The van der Waals surface area contributed by atoms with Crippen molar-refractivity contribution < 1.29 is 13.5 Å². The molecule has 1 N–H and O–H groups in total. The third-order valence-corrected chi connectivity index (χ3v) is 6.14. The molecule has 0 atom stereocenters. The van der Waals surface area contributed by atoms with Gasteiger partial charge in [0.05, 0.1) is 23.9 Å². The summed E-state index contributed by atoms with van der Waals surface area (Å²) in [5, 5.41) is 7.54. The number of halogens is 2. The number of rotatable bonds is 4. The molecule has 3 aromatic rings. The Morgan fingerprint density at radius 2 is 2.03 bits per heavy atom. The molecule has 0 spiro atoms. The van der Waals surface area contributed by atoms with E-state index in [9.17, 15) is 8.78 Å². The zero-order valence-electron chi connectivity index (χ0n) is 17.4. The first-order valence-corrected chi connectivity index (χ1v) is 10.8. The minimum atomic E-state index is -2.55. The van der Waals surface area contributed by atoms with Crippen LogP contribution in [0.1, 0.15) is 55.3 Å². The number of methoxy groups -OCH3 is 1. The van der Waals surface area contributed by atoms with E-state index in [1.165, 1.54) is 0 Å². The number of aryl methyl sites for hydroxylation is 1. The predicted molar refractivity (Wildman–Crippen MR) is 115 cm³/mol. The summed E-state index contributed by atoms with van der Waals surface area (Å²) in [5.41, 5.74) is 4.96. The third kappa shape index (κ3) is 3.98. The van der Waals surface area contributed by atoms with Crippen molar-refractivity contribution in [1.82, 2.24) is 19.6 Å². The van der Waals surface area contributed by atoms with Crippen molar-refractivity contribution >= 4 is 17.0 Å². The molecule has 162 valence electrons. The van der Waals surface area contributed by atoms with Crippen molar-refractivity contribution in [3.63, 3.8) is 0 Å². The van der Waals surface area contributed by atoms with Crippen LogP contribution in [0.4, 0.5) is 14.7 Å². The van der Waals surface area contributed by atoms with Gasteiger partial charge in [0.15, 0.2) is 0 Å². The van der Waals surface area contributed by atoms with Crippen LogP contribution in [0.3, 0.4) is 0 Å². The number of nitrogens with one attached hydrogen (secondary N) is 1. The average Bonchev–Trinajstić information content (AvgIpc) is 3.13. The van der Waals surface area contributed by atoms with E-state index in [1.54, 1.807) is 13.3 Å². The summed E-state index contributed by atoms with van der Waals surface area (Å²) in [6.45, 7) is 0. The quantitative estimate of drug-likeness (QED) is 0.645. The Morgan fingerprint density at radius 3 is 2.84 bits per heavy atom. The number of hydrogen-bond acceptors (Lipinski definition) is 5. The van der Waals surface area contributed by atoms with Crippen molar-refractivity contribution in [3.8, 4) is 5.88 Å². The lowest BCUT2D eigenvalue weighted by atomic mass is 9.92. The molecule has 31 heavy (non-hydrogen) atoms. The summed E-state index contributed by atoms with van der Waals surface area (Å²) in [6, 6.07) is 6.06. The van der Waals surface area contributed by atoms with Gasteiger partial charge in [-0.3, -0.25) is 0 Å². The minimum absolute atomic E-state index is 0.0487. The monoisotopic (exact) mass is 425 g/mol. The van der Waals surface area contributed by atoms with Crippen LogP contribution in [0.2, 0.25) is 0 Å². The SMILES string of the molecule is COc1nc(NC2CCC(F)(F)CC2)nc2c1C(c1ccn3nccc3c1)=CCCC2. The largest absolute Gasteiger partial charge is 0.480 e. The molecule has 0 bridgehead atoms. The minimum Gasteiger partial charge on any atom is -0.480 e. The number of alkyl halides is 2. The van der Waals surface area contributed by atoms with Crippen LogP contribution >= 0.6 is 0 Å². The maximum atomic E-state index is 13.5. The molecule has 1 fully saturated rings. The number of anilines is 1. The average molecular weight is 425 g/mol. The molecule has 3 heterocycles. The van der Waals surface area contributed by atoms with E-state index in [0.29, 0.717) is 24.7 Å². The normalized spacial score (nSPS) is 18.9. The van der Waals surface area contributed by atoms with Gasteiger partial charge in [-0.1, -0.05) is 6.08 Å². The first-order chi connectivity index (χ1) is 15.0. The van der Waals surface area contributed by atoms with Gasteiger partial charge >= 0.3 is 0 Å². The van der Waals surface area contributed by atoms with Crippen LogP contribution in [0.15, 0.2) is 36.7 Å². The molecule has 6 nitrogen and oxygen atoms in total. The summed E-state index contributed by atoms with van der Waals surface area (Å²) in [7, 11) is 1.61. The Labute approximate surface area is 179 Å². The molecular formula is C23H25F2N5O. The molecular weight excluding hydrogens is 400 g/mol. The zero-order chi connectivity index (χ0) is 21.4. The standard InChI is InChI=1S/C23H25F2N5O/c1-31-21-20-18(15-9-13-30-17(14-15)8-12-26-30)4-2-3-5-19(20)28-22(29-21)27-16-6-10-23(24,25)11-7-16/h4,8-9,12-14,16H,2-3,5-7,10-11H2,1H3,(H,27,28,29). The molecule has 0 amide bonds. The van der Waals surface area contributed by atoms with Gasteiger partial charge in [-0.15, -0.1) is 0 Å². The molecule has 8 heteroatoms. The summed E-state index contributed by atoms with van der Waals surface area (Å²) in [6.07, 6.45) is 9.26. The molecule has 1 saturated carbocycles. The van der Waals surface area contributed by atoms with Gasteiger partial charge in [-0.2, -0.15) is 10.1 Å². The molecule has 0 unspecified atom stereocenters. The molecule has 2 aliphatic rings. The lowest BCUT2D eigenvalue weighted by Crippen LogP contribution is -2.32. The van der Waals surface area contributed by atoms with Gasteiger partial charge in [0.25, 0.3) is 0 Å². The van der Waals surface area contributed by atoms with Crippen molar-refractivity contribution in [2.24, 2.45) is 0 Å². The number of hydrogen-bond donors (Lipinski definition) is 1. The van der Waals surface area contributed by atoms with Crippen LogP contribution in [-0.2, 0) is 6.42 Å². The van der Waals surface area contributed by atoms with Crippen molar-refractivity contribution in [2.75, 3.05) is 12.4 Å². The number of nitrogens with zero attached hydrogens (tertiary/aromatic N) is 4. The molecule has 0 aromatic carbocycles. The van der Waals surface area contributed by atoms with Crippen molar-refractivity contribution in [3.05, 3.63) is 53.5 Å². The van der Waals surface area contributed by atoms with Gasteiger partial charge in [0.2, 0.25) is 17.8 Å². The maximum absolute atomic E-state index is 13.5. The third-order valence-electron chi connectivity index (χ3n) is 6.14. The summed E-state index contributed by atoms with van der Waals surface area (Å²) in [5.74, 6) is -1.59. The van der Waals surface area contributed by atoms with Gasteiger partial charge < -0.3 is 10.1 Å². The molecule has 0 radical (unpaired) electrons. The summed E-state index contributed by atoms with van der Waals surface area (Å²) in [4.78, 5) is 9.41. The van der Waals surface area contributed by atoms with Crippen LogP contribution in [0.25, 0.3) is 11.1 Å². The molecule has 5 rings (SSSR count). The number of fused-ring (bicyclic) bond motifs is 2. The topological polar surface area (TPSA) is 64.3 Å². The predicted octanol–water partition coefficient (Wildman–Crippen LogP) is 4.89. The number of allylic oxidation sites excluding steroid dienone is 1. The second-order valence-electron chi connectivity index (χ2n) is 8.28. The van der Waals surface area contributed by atoms with Crippen LogP contribution < -0.4 is 10.1 Å². The first kappa shape index (κ1) is 19.9. The highest BCUT2D eigenvalue weighted by molar-refractivity contribution is 5.85. The van der Waals surface area contributed by atoms with Gasteiger partial charge in [0, 0.05) is 31.3 Å². The second kappa shape index (κ2) is 7.90. The second-order valence-corrected chi connectivity index (χ2v) is 8.28. The van der Waals surface area contributed by atoms with Gasteiger partial charge in [-0.25, -0.2) is 18.3 Å². The highest BCUT2D eigenvalue weighted by Gasteiger charge is 2.35. The highest BCUT2D eigenvalue weighted by Crippen LogP contribution is 2.38. The Balaban J connectivity index is 1.49. The van der Waals surface area contributed by atoms with Crippen LogP contribution in [0.5, 0.6) is 5.88 Å². The number of pyridine rings is 1. The highest BCUT2D eigenvalue weighted by atomic mass is 19.3. The molecule has 0 aliphatic heterocycles. The lowest BCUT2D eigenvalue weighted by Gasteiger charge is -2.29. The van der Waals surface area contributed by atoms with E-state index in [4.69, 9.17) is 9.72 Å². The van der Waals surface area contributed by atoms with Crippen molar-refractivity contribution in [2.45, 2.75) is 56.9 Å². The Hall–Kier alpha value is -3.03. The van der Waals surface area contributed by atoms with E-state index in [2.05, 4.69) is 27.5 Å². The molecule has 3 aromatic heterocycles. The maximum Gasteiger partial charge on any atom is 0.248 e. The van der Waals surface area contributed by atoms with Gasteiger partial charge in [-0.05, 0) is 61.4 Å². The van der Waals surface area contributed by atoms with Crippen LogP contribution in [-0.4, -0.2) is 38.7 Å². The van der Waals surface area contributed by atoms with E-state index in [-0.39, 0.29) is 18.9 Å². The lowest BCUT2D eigenvalue weighted by molar-refractivity contribution is -0.0361. The molecule has 0 saturated heterocycles. The van der Waals surface area contributed by atoms with E-state index in [1.807, 2.05) is 22.8 Å². The number of aromatic nitrogens is 4. The van der Waals surface area contributed by atoms with Gasteiger partial charge in [0.1, 0.15) is 0 Å². The zero-order valence-corrected chi connectivity index (χ0v) is 17.4. The van der Waals surface area contributed by atoms with Crippen LogP contribution in [0, 0.1) is 0 Å². The van der Waals surface area contributed by atoms with E-state index < -0.39 is 5.92 Å². The van der Waals surface area contributed by atoms with Crippen molar-refractivity contribution in [1.29, 1.82) is 0 Å². The Morgan fingerprint density at radius 1 is 1.19 bits per heavy atom. The summed E-state index contributed by atoms with van der Waals surface area (Å²) >= 11 is 0. The van der Waals surface area contributed by atoms with E-state index >= 15 is 0 Å². The summed E-state index contributed by atoms with van der Waals surface area (Å²) < 4.78 is 34.5.